The molecule has 0 aliphatic rings. The van der Waals surface area contributed by atoms with Crippen LogP contribution in [-0.4, -0.2) is 26.8 Å². The van der Waals surface area contributed by atoms with Crippen molar-refractivity contribution in [3.63, 3.8) is 0 Å². The van der Waals surface area contributed by atoms with Crippen molar-refractivity contribution in [2.24, 2.45) is 7.05 Å². The molecule has 22 heavy (non-hydrogen) atoms. The van der Waals surface area contributed by atoms with E-state index in [9.17, 15) is 4.39 Å². The van der Waals surface area contributed by atoms with Crippen molar-refractivity contribution < 1.29 is 4.39 Å². The summed E-state index contributed by atoms with van der Waals surface area (Å²) in [5.74, 6) is 1.62. The molecule has 2 heterocycles. The van der Waals surface area contributed by atoms with Gasteiger partial charge in [0.15, 0.2) is 0 Å². The topological polar surface area (TPSA) is 58.9 Å². The van der Waals surface area contributed by atoms with E-state index in [1.807, 2.05) is 37.2 Å². The third-order valence-corrected chi connectivity index (χ3v) is 3.27. The summed E-state index contributed by atoms with van der Waals surface area (Å²) in [6, 6.07) is 11.8. The van der Waals surface area contributed by atoms with Gasteiger partial charge in [-0.2, -0.15) is 0 Å². The minimum absolute atomic E-state index is 0.271. The number of aromatic nitrogens is 4. The number of nitrogens with zero attached hydrogens (tertiary/aromatic N) is 5. The molecule has 0 spiro atoms. The molecule has 7 heteroatoms. The fraction of sp³-hybridized carbons (Fsp3) is 0.133. The van der Waals surface area contributed by atoms with Gasteiger partial charge >= 0.3 is 0 Å². The highest BCUT2D eigenvalue weighted by Gasteiger charge is 2.14. The average molecular weight is 298 g/mol. The van der Waals surface area contributed by atoms with Crippen LogP contribution in [0.4, 0.5) is 27.8 Å². The Hall–Kier alpha value is -2.96. The van der Waals surface area contributed by atoms with Crippen molar-refractivity contribution in [2.45, 2.75) is 0 Å². The van der Waals surface area contributed by atoms with Crippen LogP contribution in [0.15, 0.2) is 48.7 Å². The summed E-state index contributed by atoms with van der Waals surface area (Å²) in [6.07, 6.45) is 1.70. The van der Waals surface area contributed by atoms with Gasteiger partial charge in [-0.15, -0.1) is 10.2 Å². The first kappa shape index (κ1) is 14.0. The first-order valence-electron chi connectivity index (χ1n) is 6.72. The Morgan fingerprint density at radius 1 is 1.09 bits per heavy atom. The minimum Gasteiger partial charge on any atom is -0.314 e. The van der Waals surface area contributed by atoms with Crippen molar-refractivity contribution in [3.05, 3.63) is 54.5 Å². The maximum Gasteiger partial charge on any atom is 0.232 e. The molecule has 2 aromatic heterocycles. The van der Waals surface area contributed by atoms with E-state index in [1.165, 1.54) is 12.1 Å². The molecule has 0 atom stereocenters. The predicted octanol–water partition coefficient (Wildman–Crippen LogP) is 2.86. The van der Waals surface area contributed by atoms with Crippen molar-refractivity contribution >= 4 is 23.4 Å². The number of halogens is 1. The summed E-state index contributed by atoms with van der Waals surface area (Å²) in [4.78, 5) is 6.02. The summed E-state index contributed by atoms with van der Waals surface area (Å²) in [5.41, 5.74) is 0.821. The standard InChI is InChI=1S/C15H15FN6/c1-21(12-8-6-11(16)7-9-12)15-20-19-14(22(15)2)18-13-5-3-4-10-17-13/h3-10H,1-2H3,(H,17,18,19). The largest absolute Gasteiger partial charge is 0.314 e. The SMILES string of the molecule is CN(c1ccc(F)cc1)c1nnc(Nc2ccccn2)n1C. The van der Waals surface area contributed by atoms with Crippen molar-refractivity contribution in [1.82, 2.24) is 19.7 Å². The Morgan fingerprint density at radius 3 is 2.55 bits per heavy atom. The molecule has 6 nitrogen and oxygen atoms in total. The number of benzene rings is 1. The van der Waals surface area contributed by atoms with E-state index in [-0.39, 0.29) is 5.82 Å². The highest BCUT2D eigenvalue weighted by atomic mass is 19.1. The molecule has 0 unspecified atom stereocenters. The highest BCUT2D eigenvalue weighted by molar-refractivity contribution is 5.59. The Labute approximate surface area is 127 Å². The second-order valence-electron chi connectivity index (χ2n) is 4.76. The smallest absolute Gasteiger partial charge is 0.232 e. The molecule has 0 saturated heterocycles. The molecular formula is C15H15FN6. The number of hydrogen-bond donors (Lipinski definition) is 1. The van der Waals surface area contributed by atoms with Crippen LogP contribution in [0.3, 0.4) is 0 Å². The van der Waals surface area contributed by atoms with Crippen LogP contribution in [0.1, 0.15) is 0 Å². The number of pyridine rings is 1. The van der Waals surface area contributed by atoms with Gasteiger partial charge < -0.3 is 10.2 Å². The summed E-state index contributed by atoms with van der Waals surface area (Å²) in [5, 5.41) is 11.4. The molecule has 0 saturated carbocycles. The molecule has 3 aromatic rings. The maximum absolute atomic E-state index is 13.0. The lowest BCUT2D eigenvalue weighted by Crippen LogP contribution is -2.14. The van der Waals surface area contributed by atoms with Crippen LogP contribution in [0.25, 0.3) is 0 Å². The monoisotopic (exact) mass is 298 g/mol. The Morgan fingerprint density at radius 2 is 1.86 bits per heavy atom. The van der Waals surface area contributed by atoms with Gasteiger partial charge in [0, 0.05) is 26.0 Å². The maximum atomic E-state index is 13.0. The lowest BCUT2D eigenvalue weighted by molar-refractivity contribution is 0.628. The van der Waals surface area contributed by atoms with Crippen LogP contribution in [-0.2, 0) is 7.05 Å². The first-order valence-corrected chi connectivity index (χ1v) is 6.72. The lowest BCUT2D eigenvalue weighted by Gasteiger charge is -2.17. The Kier molecular flexibility index (Phi) is 3.69. The molecule has 3 rings (SSSR count). The Balaban J connectivity index is 1.85. The zero-order valence-electron chi connectivity index (χ0n) is 12.2. The van der Waals surface area contributed by atoms with Crippen LogP contribution < -0.4 is 10.2 Å². The fourth-order valence-corrected chi connectivity index (χ4v) is 2.05. The summed E-state index contributed by atoms with van der Waals surface area (Å²) in [6.45, 7) is 0. The molecule has 0 amide bonds. The van der Waals surface area contributed by atoms with Gasteiger partial charge in [0.25, 0.3) is 0 Å². The second-order valence-corrected chi connectivity index (χ2v) is 4.76. The van der Waals surface area contributed by atoms with Gasteiger partial charge in [0.2, 0.25) is 11.9 Å². The van der Waals surface area contributed by atoms with E-state index >= 15 is 0 Å². The van der Waals surface area contributed by atoms with Gasteiger partial charge in [-0.05, 0) is 36.4 Å². The van der Waals surface area contributed by atoms with Gasteiger partial charge in [-0.3, -0.25) is 4.57 Å². The van der Waals surface area contributed by atoms with E-state index in [0.717, 1.165) is 5.69 Å². The number of anilines is 4. The molecular weight excluding hydrogens is 283 g/mol. The van der Waals surface area contributed by atoms with Gasteiger partial charge in [0.05, 0.1) is 0 Å². The number of nitrogens with one attached hydrogen (secondary N) is 1. The predicted molar refractivity (Wildman–Crippen MR) is 83.0 cm³/mol. The zero-order valence-corrected chi connectivity index (χ0v) is 12.2. The molecule has 0 radical (unpaired) electrons. The number of hydrogen-bond acceptors (Lipinski definition) is 5. The van der Waals surface area contributed by atoms with Gasteiger partial charge in [-0.25, -0.2) is 9.37 Å². The fourth-order valence-electron chi connectivity index (χ4n) is 2.05. The minimum atomic E-state index is -0.271. The molecule has 0 aliphatic heterocycles. The van der Waals surface area contributed by atoms with E-state index in [0.29, 0.717) is 17.7 Å². The van der Waals surface area contributed by atoms with E-state index in [2.05, 4.69) is 20.5 Å². The molecule has 1 N–H and O–H groups in total. The Bertz CT molecular complexity index is 753. The van der Waals surface area contributed by atoms with Gasteiger partial charge in [0.1, 0.15) is 11.6 Å². The third-order valence-electron chi connectivity index (χ3n) is 3.27. The van der Waals surface area contributed by atoms with Crippen molar-refractivity contribution in [1.29, 1.82) is 0 Å². The number of rotatable bonds is 4. The van der Waals surface area contributed by atoms with E-state index in [1.54, 1.807) is 22.9 Å². The second kappa shape index (κ2) is 5.80. The summed E-state index contributed by atoms with van der Waals surface area (Å²) < 4.78 is 14.8. The van der Waals surface area contributed by atoms with E-state index in [4.69, 9.17) is 0 Å². The van der Waals surface area contributed by atoms with Crippen molar-refractivity contribution in [2.75, 3.05) is 17.3 Å². The van der Waals surface area contributed by atoms with Crippen LogP contribution >= 0.6 is 0 Å². The van der Waals surface area contributed by atoms with Crippen LogP contribution in [0.5, 0.6) is 0 Å². The molecule has 1 aromatic carbocycles. The summed E-state index contributed by atoms with van der Waals surface area (Å²) in [7, 11) is 3.70. The van der Waals surface area contributed by atoms with E-state index < -0.39 is 0 Å². The molecule has 112 valence electrons. The lowest BCUT2D eigenvalue weighted by atomic mass is 10.3. The van der Waals surface area contributed by atoms with Crippen LogP contribution in [0, 0.1) is 5.82 Å². The molecule has 0 fully saturated rings. The van der Waals surface area contributed by atoms with Gasteiger partial charge in [-0.1, -0.05) is 6.07 Å². The summed E-state index contributed by atoms with van der Waals surface area (Å²) >= 11 is 0. The average Bonchev–Trinajstić information content (AvgIpc) is 2.89. The molecule has 0 bridgehead atoms. The quantitative estimate of drug-likeness (QED) is 0.802. The third kappa shape index (κ3) is 2.73. The van der Waals surface area contributed by atoms with Crippen LogP contribution in [0.2, 0.25) is 0 Å². The highest BCUT2D eigenvalue weighted by Crippen LogP contribution is 2.24. The van der Waals surface area contributed by atoms with Crippen molar-refractivity contribution in [3.8, 4) is 0 Å². The zero-order chi connectivity index (χ0) is 15.5. The molecule has 0 aliphatic carbocycles. The normalized spacial score (nSPS) is 10.5. The first-order chi connectivity index (χ1) is 10.6.